The second kappa shape index (κ2) is 6.70. The standard InChI is InChI=1S/C17H17NO3/c1-3-21-16-8-7-13(11-19)10-15(16)18-17(20)14-6-4-5-12(2)9-14/h4-11H,3H2,1-2H3,(H,18,20). The molecule has 0 aromatic heterocycles. The molecule has 0 fully saturated rings. The van der Waals surface area contributed by atoms with Gasteiger partial charge in [0.2, 0.25) is 0 Å². The quantitative estimate of drug-likeness (QED) is 0.855. The lowest BCUT2D eigenvalue weighted by atomic mass is 10.1. The number of amides is 1. The number of nitrogens with one attached hydrogen (secondary N) is 1. The third-order valence-electron chi connectivity index (χ3n) is 2.97. The van der Waals surface area contributed by atoms with Gasteiger partial charge in [0.05, 0.1) is 12.3 Å². The van der Waals surface area contributed by atoms with Crippen molar-refractivity contribution in [1.29, 1.82) is 0 Å². The molecule has 0 aliphatic rings. The minimum absolute atomic E-state index is 0.234. The molecule has 2 aromatic rings. The van der Waals surface area contributed by atoms with Gasteiger partial charge in [0.15, 0.2) is 0 Å². The van der Waals surface area contributed by atoms with Crippen molar-refractivity contribution < 1.29 is 14.3 Å². The molecule has 0 saturated heterocycles. The minimum atomic E-state index is -0.234. The first-order chi connectivity index (χ1) is 10.1. The number of ether oxygens (including phenoxy) is 1. The summed E-state index contributed by atoms with van der Waals surface area (Å²) in [6, 6.07) is 12.2. The average Bonchev–Trinajstić information content (AvgIpc) is 2.49. The molecule has 1 N–H and O–H groups in total. The maximum atomic E-state index is 12.3. The highest BCUT2D eigenvalue weighted by atomic mass is 16.5. The Hall–Kier alpha value is -2.62. The van der Waals surface area contributed by atoms with Gasteiger partial charge in [0, 0.05) is 11.1 Å². The largest absolute Gasteiger partial charge is 0.492 e. The summed E-state index contributed by atoms with van der Waals surface area (Å²) in [5.41, 5.74) is 2.55. The molecule has 0 unspecified atom stereocenters. The second-order valence-electron chi connectivity index (χ2n) is 4.63. The van der Waals surface area contributed by atoms with Crippen LogP contribution in [0.2, 0.25) is 0 Å². The number of benzene rings is 2. The van der Waals surface area contributed by atoms with Crippen LogP contribution in [0.1, 0.15) is 33.2 Å². The lowest BCUT2D eigenvalue weighted by molar-refractivity contribution is 0.102. The molecule has 108 valence electrons. The van der Waals surface area contributed by atoms with Crippen molar-refractivity contribution in [2.24, 2.45) is 0 Å². The first kappa shape index (κ1) is 14.8. The Labute approximate surface area is 123 Å². The maximum Gasteiger partial charge on any atom is 0.255 e. The van der Waals surface area contributed by atoms with Gasteiger partial charge in [0.1, 0.15) is 12.0 Å². The van der Waals surface area contributed by atoms with Crippen LogP contribution in [0.25, 0.3) is 0 Å². The summed E-state index contributed by atoms with van der Waals surface area (Å²) < 4.78 is 5.47. The molecule has 0 spiro atoms. The number of carbonyl (C=O) groups is 2. The summed E-state index contributed by atoms with van der Waals surface area (Å²) in [6.45, 7) is 4.27. The Kier molecular flexibility index (Phi) is 4.72. The first-order valence-corrected chi connectivity index (χ1v) is 6.74. The number of hydrogen-bond acceptors (Lipinski definition) is 3. The zero-order valence-electron chi connectivity index (χ0n) is 12.1. The van der Waals surface area contributed by atoms with Crippen molar-refractivity contribution in [2.45, 2.75) is 13.8 Å². The zero-order chi connectivity index (χ0) is 15.2. The highest BCUT2D eigenvalue weighted by Gasteiger charge is 2.11. The number of aldehydes is 1. The van der Waals surface area contributed by atoms with E-state index in [2.05, 4.69) is 5.32 Å². The van der Waals surface area contributed by atoms with E-state index in [1.807, 2.05) is 26.0 Å². The van der Waals surface area contributed by atoms with Crippen LogP contribution >= 0.6 is 0 Å². The SMILES string of the molecule is CCOc1ccc(C=O)cc1NC(=O)c1cccc(C)c1. The molecule has 0 heterocycles. The fourth-order valence-corrected chi connectivity index (χ4v) is 1.98. The first-order valence-electron chi connectivity index (χ1n) is 6.74. The summed E-state index contributed by atoms with van der Waals surface area (Å²) in [5.74, 6) is 0.312. The highest BCUT2D eigenvalue weighted by molar-refractivity contribution is 6.05. The van der Waals surface area contributed by atoms with Gasteiger partial charge < -0.3 is 10.1 Å². The Morgan fingerprint density at radius 3 is 2.71 bits per heavy atom. The lowest BCUT2D eigenvalue weighted by Crippen LogP contribution is -2.13. The van der Waals surface area contributed by atoms with E-state index in [1.54, 1.807) is 30.3 Å². The van der Waals surface area contributed by atoms with E-state index in [9.17, 15) is 9.59 Å². The summed E-state index contributed by atoms with van der Waals surface area (Å²) in [7, 11) is 0. The van der Waals surface area contributed by atoms with Gasteiger partial charge in [0.25, 0.3) is 5.91 Å². The van der Waals surface area contributed by atoms with Crippen molar-refractivity contribution in [3.05, 3.63) is 59.2 Å². The van der Waals surface area contributed by atoms with Crippen LogP contribution in [0, 0.1) is 6.92 Å². The smallest absolute Gasteiger partial charge is 0.255 e. The van der Waals surface area contributed by atoms with E-state index in [4.69, 9.17) is 4.74 Å². The van der Waals surface area contributed by atoms with Crippen molar-refractivity contribution in [2.75, 3.05) is 11.9 Å². The minimum Gasteiger partial charge on any atom is -0.492 e. The fraction of sp³-hybridized carbons (Fsp3) is 0.176. The van der Waals surface area contributed by atoms with Gasteiger partial charge in [-0.3, -0.25) is 9.59 Å². The molecule has 21 heavy (non-hydrogen) atoms. The van der Waals surface area contributed by atoms with Gasteiger partial charge in [-0.15, -0.1) is 0 Å². The van der Waals surface area contributed by atoms with E-state index >= 15 is 0 Å². The molecule has 0 radical (unpaired) electrons. The third kappa shape index (κ3) is 3.69. The van der Waals surface area contributed by atoms with Gasteiger partial charge in [-0.25, -0.2) is 0 Å². The second-order valence-corrected chi connectivity index (χ2v) is 4.63. The summed E-state index contributed by atoms with van der Waals surface area (Å²) in [4.78, 5) is 23.1. The van der Waals surface area contributed by atoms with Crippen LogP contribution in [-0.4, -0.2) is 18.8 Å². The summed E-state index contributed by atoms with van der Waals surface area (Å²) in [6.07, 6.45) is 0.734. The van der Waals surface area contributed by atoms with Crippen LogP contribution in [0.3, 0.4) is 0 Å². The van der Waals surface area contributed by atoms with Crippen molar-refractivity contribution in [1.82, 2.24) is 0 Å². The van der Waals surface area contributed by atoms with E-state index in [1.165, 1.54) is 0 Å². The number of carbonyl (C=O) groups excluding carboxylic acids is 2. The summed E-state index contributed by atoms with van der Waals surface area (Å²) >= 11 is 0. The number of anilines is 1. The van der Waals surface area contributed by atoms with Crippen LogP contribution in [-0.2, 0) is 0 Å². The molecule has 4 heteroatoms. The topological polar surface area (TPSA) is 55.4 Å². The molecule has 0 aliphatic carbocycles. The van der Waals surface area contributed by atoms with E-state index in [0.29, 0.717) is 29.2 Å². The normalized spacial score (nSPS) is 10.0. The van der Waals surface area contributed by atoms with E-state index in [-0.39, 0.29) is 5.91 Å². The van der Waals surface area contributed by atoms with Gasteiger partial charge >= 0.3 is 0 Å². The van der Waals surface area contributed by atoms with Crippen LogP contribution in [0.15, 0.2) is 42.5 Å². The van der Waals surface area contributed by atoms with Crippen molar-refractivity contribution >= 4 is 17.9 Å². The predicted molar refractivity (Wildman–Crippen MR) is 82.1 cm³/mol. The molecule has 0 atom stereocenters. The Balaban J connectivity index is 2.28. The Morgan fingerprint density at radius 2 is 2.05 bits per heavy atom. The fourth-order valence-electron chi connectivity index (χ4n) is 1.98. The average molecular weight is 283 g/mol. The van der Waals surface area contributed by atoms with Crippen LogP contribution < -0.4 is 10.1 Å². The molecular weight excluding hydrogens is 266 g/mol. The third-order valence-corrected chi connectivity index (χ3v) is 2.97. The molecule has 2 aromatic carbocycles. The highest BCUT2D eigenvalue weighted by Crippen LogP contribution is 2.26. The van der Waals surface area contributed by atoms with Gasteiger partial charge in [-0.1, -0.05) is 17.7 Å². The van der Waals surface area contributed by atoms with E-state index in [0.717, 1.165) is 11.8 Å². The molecule has 0 saturated carbocycles. The zero-order valence-corrected chi connectivity index (χ0v) is 12.1. The number of hydrogen-bond donors (Lipinski definition) is 1. The maximum absolute atomic E-state index is 12.3. The lowest BCUT2D eigenvalue weighted by Gasteiger charge is -2.12. The predicted octanol–water partition coefficient (Wildman–Crippen LogP) is 3.46. The molecule has 4 nitrogen and oxygen atoms in total. The van der Waals surface area contributed by atoms with Crippen LogP contribution in [0.4, 0.5) is 5.69 Å². The Bertz CT molecular complexity index is 665. The molecule has 0 aliphatic heterocycles. The monoisotopic (exact) mass is 283 g/mol. The van der Waals surface area contributed by atoms with E-state index < -0.39 is 0 Å². The van der Waals surface area contributed by atoms with Gasteiger partial charge in [-0.2, -0.15) is 0 Å². The summed E-state index contributed by atoms with van der Waals surface area (Å²) in [5, 5.41) is 2.79. The van der Waals surface area contributed by atoms with Crippen molar-refractivity contribution in [3.8, 4) is 5.75 Å². The van der Waals surface area contributed by atoms with Crippen LogP contribution in [0.5, 0.6) is 5.75 Å². The molecule has 0 bridgehead atoms. The molecular formula is C17H17NO3. The molecule has 2 rings (SSSR count). The van der Waals surface area contributed by atoms with Crippen molar-refractivity contribution in [3.63, 3.8) is 0 Å². The van der Waals surface area contributed by atoms with Gasteiger partial charge in [-0.05, 0) is 44.2 Å². The molecule has 1 amide bonds. The number of rotatable bonds is 5. The number of aryl methyl sites for hydroxylation is 1. The Morgan fingerprint density at radius 1 is 1.24 bits per heavy atom.